The Labute approximate surface area is 245 Å². The van der Waals surface area contributed by atoms with Crippen molar-refractivity contribution in [2.75, 3.05) is 12.0 Å². The van der Waals surface area contributed by atoms with E-state index in [1.165, 1.54) is 27.7 Å². The first kappa shape index (κ1) is 34.1. The number of nitrogens with zero attached hydrogens (tertiary/aromatic N) is 2. The maximum Gasteiger partial charge on any atom is 0.417 e. The van der Waals surface area contributed by atoms with E-state index in [1.807, 2.05) is 0 Å². The molecule has 0 saturated carbocycles. The molecule has 0 N–H and O–H groups in total. The maximum absolute atomic E-state index is 13.8. The fourth-order valence-corrected chi connectivity index (χ4v) is 4.95. The third-order valence-electron chi connectivity index (χ3n) is 6.42. The van der Waals surface area contributed by atoms with E-state index in [0.717, 1.165) is 23.0 Å². The van der Waals surface area contributed by atoms with Crippen molar-refractivity contribution in [1.29, 1.82) is 0 Å². The summed E-state index contributed by atoms with van der Waals surface area (Å²) in [5.74, 6) is 0. The van der Waals surface area contributed by atoms with Gasteiger partial charge in [-0.2, -0.15) is 39.5 Å². The average molecular weight is 649 g/mol. The number of rotatable bonds is 3. The van der Waals surface area contributed by atoms with Crippen LogP contribution in [-0.2, 0) is 34.5 Å². The number of hydrogen-bond acceptors (Lipinski definition) is 4. The molecule has 1 aliphatic rings. The number of methoxy groups -OCH3 is 1. The van der Waals surface area contributed by atoms with E-state index in [0.29, 0.717) is 18.2 Å². The molecule has 16 heteroatoms. The van der Waals surface area contributed by atoms with Crippen molar-refractivity contribution in [2.45, 2.75) is 76.9 Å². The molecule has 0 radical (unpaired) electrons. The Hall–Kier alpha value is -3.36. The molecule has 0 spiro atoms. The van der Waals surface area contributed by atoms with Crippen molar-refractivity contribution in [3.8, 4) is 0 Å². The molecular weight excluding hydrogens is 623 g/mol. The molecule has 43 heavy (non-hydrogen) atoms. The van der Waals surface area contributed by atoms with Gasteiger partial charge in [-0.1, -0.05) is 11.6 Å². The van der Waals surface area contributed by atoms with E-state index in [1.54, 1.807) is 0 Å². The Balaban J connectivity index is 2.24. The van der Waals surface area contributed by atoms with Crippen LogP contribution in [0.2, 0.25) is 5.02 Å². The number of alkyl halides is 9. The highest BCUT2D eigenvalue weighted by atomic mass is 35.5. The third-order valence-corrected chi connectivity index (χ3v) is 6.73. The molecule has 0 fully saturated rings. The summed E-state index contributed by atoms with van der Waals surface area (Å²) in [6.07, 6.45) is -17.8. The van der Waals surface area contributed by atoms with Crippen LogP contribution in [0.15, 0.2) is 30.3 Å². The van der Waals surface area contributed by atoms with Gasteiger partial charge in [0, 0.05) is 18.2 Å². The normalized spacial score (nSPS) is 17.8. The quantitative estimate of drug-likeness (QED) is 0.312. The van der Waals surface area contributed by atoms with Crippen LogP contribution in [0.5, 0.6) is 0 Å². The Morgan fingerprint density at radius 1 is 0.907 bits per heavy atom. The highest BCUT2D eigenvalue weighted by Gasteiger charge is 2.44. The first-order valence-electron chi connectivity index (χ1n) is 12.5. The fraction of sp³-hybridized carbons (Fsp3) is 0.481. The minimum atomic E-state index is -5.17. The van der Waals surface area contributed by atoms with Crippen LogP contribution in [0.1, 0.15) is 68.0 Å². The Kier molecular flexibility index (Phi) is 9.22. The average Bonchev–Trinajstić information content (AvgIpc) is 2.83. The molecule has 238 valence electrons. The summed E-state index contributed by atoms with van der Waals surface area (Å²) < 4.78 is 133. The largest absolute Gasteiger partial charge is 0.453 e. The van der Waals surface area contributed by atoms with Crippen LogP contribution in [0.25, 0.3) is 0 Å². The molecule has 6 nitrogen and oxygen atoms in total. The number of amides is 2. The molecule has 0 bridgehead atoms. The molecule has 0 aromatic heterocycles. The molecule has 2 atom stereocenters. The van der Waals surface area contributed by atoms with Gasteiger partial charge in [0.15, 0.2) is 0 Å². The number of benzene rings is 2. The molecule has 1 aliphatic heterocycles. The van der Waals surface area contributed by atoms with Gasteiger partial charge in [0.2, 0.25) is 0 Å². The molecule has 0 aliphatic carbocycles. The Bertz CT molecular complexity index is 1350. The standard InChI is InChI=1S/C27H26ClF9N2O4/c1-13-6-20(17-10-19(28)18(27(35,36)37)11-21(17)39(13)23(41)43-24(2,3)4)38(22(40)42-5)12-14-7-15(25(29,30)31)9-16(8-14)26(32,33)34/h7-11,13,20H,6,12H2,1-5H3/t13-,20+/m0/s1. The van der Waals surface area contributed by atoms with Gasteiger partial charge in [-0.15, -0.1) is 0 Å². The number of ether oxygens (including phenoxy) is 2. The second-order valence-electron chi connectivity index (χ2n) is 10.9. The zero-order chi connectivity index (χ0) is 32.9. The SMILES string of the molecule is COC(=O)N(Cc1cc(C(F)(F)F)cc(C(F)(F)F)c1)[C@@H]1C[C@H](C)N(C(=O)OC(C)(C)C)c2cc(C(F)(F)F)c(Cl)cc21. The predicted molar refractivity (Wildman–Crippen MR) is 136 cm³/mol. The summed E-state index contributed by atoms with van der Waals surface area (Å²) in [6.45, 7) is 5.12. The summed E-state index contributed by atoms with van der Waals surface area (Å²) in [5.41, 5.74) is -6.76. The minimum Gasteiger partial charge on any atom is -0.453 e. The number of fused-ring (bicyclic) bond motifs is 1. The second kappa shape index (κ2) is 11.6. The van der Waals surface area contributed by atoms with Crippen molar-refractivity contribution in [3.63, 3.8) is 0 Å². The summed E-state index contributed by atoms with van der Waals surface area (Å²) in [4.78, 5) is 27.8. The molecule has 1 heterocycles. The van der Waals surface area contributed by atoms with Gasteiger partial charge >= 0.3 is 30.7 Å². The topological polar surface area (TPSA) is 59.1 Å². The molecule has 0 saturated heterocycles. The lowest BCUT2D eigenvalue weighted by Gasteiger charge is -2.43. The van der Waals surface area contributed by atoms with Gasteiger partial charge in [0.1, 0.15) is 5.60 Å². The summed E-state index contributed by atoms with van der Waals surface area (Å²) >= 11 is 5.96. The highest BCUT2D eigenvalue weighted by molar-refractivity contribution is 6.31. The predicted octanol–water partition coefficient (Wildman–Crippen LogP) is 9.24. The van der Waals surface area contributed by atoms with Gasteiger partial charge in [-0.05, 0) is 70.0 Å². The first-order chi connectivity index (χ1) is 19.4. The Morgan fingerprint density at radius 2 is 1.44 bits per heavy atom. The number of anilines is 1. The van der Waals surface area contributed by atoms with E-state index < -0.39 is 82.2 Å². The van der Waals surface area contributed by atoms with Crippen molar-refractivity contribution in [1.82, 2.24) is 4.90 Å². The van der Waals surface area contributed by atoms with E-state index in [9.17, 15) is 49.1 Å². The van der Waals surface area contributed by atoms with Gasteiger partial charge in [-0.25, -0.2) is 9.59 Å². The maximum atomic E-state index is 13.8. The van der Waals surface area contributed by atoms with Gasteiger partial charge in [-0.3, -0.25) is 9.80 Å². The van der Waals surface area contributed by atoms with Crippen LogP contribution in [0.4, 0.5) is 54.8 Å². The van der Waals surface area contributed by atoms with Crippen LogP contribution in [-0.4, -0.2) is 35.8 Å². The lowest BCUT2D eigenvalue weighted by molar-refractivity contribution is -0.143. The summed E-state index contributed by atoms with van der Waals surface area (Å²) in [5, 5.41) is -0.821. The smallest absolute Gasteiger partial charge is 0.417 e. The molecule has 3 rings (SSSR count). The van der Waals surface area contributed by atoms with E-state index >= 15 is 0 Å². The van der Waals surface area contributed by atoms with Crippen molar-refractivity contribution < 1.29 is 58.6 Å². The molecule has 2 aromatic rings. The zero-order valence-corrected chi connectivity index (χ0v) is 24.0. The van der Waals surface area contributed by atoms with Gasteiger partial charge in [0.05, 0.1) is 40.6 Å². The lowest BCUT2D eigenvalue weighted by atomic mass is 9.89. The first-order valence-corrected chi connectivity index (χ1v) is 12.9. The fourth-order valence-electron chi connectivity index (χ4n) is 4.67. The van der Waals surface area contributed by atoms with E-state index in [2.05, 4.69) is 0 Å². The zero-order valence-electron chi connectivity index (χ0n) is 23.3. The van der Waals surface area contributed by atoms with Crippen LogP contribution in [0, 0.1) is 0 Å². The summed E-state index contributed by atoms with van der Waals surface area (Å²) in [7, 11) is 0.905. The van der Waals surface area contributed by atoms with Crippen LogP contribution < -0.4 is 4.90 Å². The minimum absolute atomic E-state index is 0.0822. The third kappa shape index (κ3) is 7.78. The van der Waals surface area contributed by atoms with Crippen molar-refractivity contribution in [3.05, 3.63) is 63.2 Å². The molecule has 0 unspecified atom stereocenters. The Morgan fingerprint density at radius 3 is 1.88 bits per heavy atom. The van der Waals surface area contributed by atoms with Gasteiger partial charge in [0.25, 0.3) is 0 Å². The van der Waals surface area contributed by atoms with Crippen LogP contribution in [0.3, 0.4) is 0 Å². The number of carbonyl (C=O) groups is 2. The molecular formula is C27H26ClF9N2O4. The number of carbonyl (C=O) groups excluding carboxylic acids is 2. The number of hydrogen-bond donors (Lipinski definition) is 0. The van der Waals surface area contributed by atoms with Gasteiger partial charge < -0.3 is 9.47 Å². The molecule has 2 amide bonds. The van der Waals surface area contributed by atoms with E-state index in [-0.39, 0.29) is 23.7 Å². The van der Waals surface area contributed by atoms with Crippen molar-refractivity contribution >= 4 is 29.5 Å². The van der Waals surface area contributed by atoms with Crippen LogP contribution >= 0.6 is 11.6 Å². The van der Waals surface area contributed by atoms with Crippen molar-refractivity contribution in [2.24, 2.45) is 0 Å². The second-order valence-corrected chi connectivity index (χ2v) is 11.3. The molecule has 2 aromatic carbocycles. The monoisotopic (exact) mass is 648 g/mol. The lowest BCUT2D eigenvalue weighted by Crippen LogP contribution is -2.49. The van der Waals surface area contributed by atoms with E-state index in [4.69, 9.17) is 21.1 Å². The number of halogens is 10. The highest BCUT2D eigenvalue weighted by Crippen LogP contribution is 2.47. The summed E-state index contributed by atoms with van der Waals surface area (Å²) in [6, 6.07) is -0.103.